The lowest BCUT2D eigenvalue weighted by atomic mass is 9.96. The Morgan fingerprint density at radius 1 is 0.452 bits per heavy atom. The van der Waals surface area contributed by atoms with Crippen molar-refractivity contribution in [3.63, 3.8) is 0 Å². The van der Waals surface area contributed by atoms with Crippen LogP contribution in [-0.4, -0.2) is 136 Å². The number of hydrogen-bond acceptors (Lipinski definition) is 19. The molecule has 2 saturated heterocycles. The van der Waals surface area contributed by atoms with Crippen LogP contribution in [0.4, 0.5) is 0 Å². The smallest absolute Gasteiger partial charge is 0.303 e. The highest BCUT2D eigenvalue weighted by Crippen LogP contribution is 2.36. The summed E-state index contributed by atoms with van der Waals surface area (Å²) in [5.41, 5.74) is 0. The Balaban J connectivity index is 2.40. The minimum atomic E-state index is -1.79. The average Bonchev–Trinajstić information content (AvgIpc) is 3.18. The van der Waals surface area contributed by atoms with Gasteiger partial charge in [0.15, 0.2) is 43.1 Å². The quantitative estimate of drug-likeness (QED) is 0.0587. The van der Waals surface area contributed by atoms with Crippen molar-refractivity contribution in [1.82, 2.24) is 0 Å². The summed E-state index contributed by atoms with van der Waals surface area (Å²) >= 11 is 0. The van der Waals surface area contributed by atoms with Crippen molar-refractivity contribution in [2.45, 2.75) is 206 Å². The minimum absolute atomic E-state index is 0.0325. The topological polar surface area (TPSA) is 230 Å². The number of ether oxygens (including phenoxy) is 12. The molecule has 2 rings (SSSR count). The third-order valence-electron chi connectivity index (χ3n) is 10.0. The predicted octanol–water partition coefficient (Wildman–Crippen LogP) is 4.73. The molecule has 2 heterocycles. The number of carbonyl (C=O) groups is 7. The molecule has 0 bridgehead atoms. The highest BCUT2D eigenvalue weighted by atomic mass is 16.8. The first-order valence-corrected chi connectivity index (χ1v) is 21.7. The molecule has 0 saturated carbocycles. The Morgan fingerprint density at radius 2 is 0.823 bits per heavy atom. The highest BCUT2D eigenvalue weighted by Gasteiger charge is 2.57. The molecule has 2 aliphatic rings. The molecule has 356 valence electrons. The van der Waals surface area contributed by atoms with E-state index in [1.54, 1.807) is 7.11 Å². The van der Waals surface area contributed by atoms with E-state index in [2.05, 4.69) is 6.92 Å². The first-order valence-electron chi connectivity index (χ1n) is 21.7. The Hall–Kier alpha value is -3.91. The molecular formula is C43H70O19. The van der Waals surface area contributed by atoms with E-state index in [9.17, 15) is 33.6 Å². The summed E-state index contributed by atoms with van der Waals surface area (Å²) in [6, 6.07) is 0. The van der Waals surface area contributed by atoms with E-state index in [1.165, 1.54) is 51.4 Å². The summed E-state index contributed by atoms with van der Waals surface area (Å²) in [6.45, 7) is 8.76. The highest BCUT2D eigenvalue weighted by molar-refractivity contribution is 5.69. The van der Waals surface area contributed by atoms with E-state index in [-0.39, 0.29) is 6.61 Å². The number of carbonyl (C=O) groups excluding carboxylic acids is 7. The lowest BCUT2D eigenvalue weighted by Gasteiger charge is -2.48. The van der Waals surface area contributed by atoms with Gasteiger partial charge in [0.05, 0.1) is 12.7 Å². The molecule has 0 spiro atoms. The SMILES string of the molecule is CCCCCCCCCCCCCCC(CO[C@H]1O[C@@H](COC(C)=O)[C@H](O[C@H]2O[C@H](COC(C)=O)[C@H](OC(C)=O)[C@H](OC(C)=O)[C@H]2OC(C)=O)[C@@H](OC(C)=O)[C@@H]1OC(C)=O)OC. The fraction of sp³-hybridized carbons (Fsp3) is 0.837. The number of unbranched alkanes of at least 4 members (excludes halogenated alkanes) is 11. The van der Waals surface area contributed by atoms with Gasteiger partial charge in [-0.05, 0) is 6.42 Å². The molecule has 0 amide bonds. The average molecular weight is 891 g/mol. The third kappa shape index (κ3) is 20.5. The van der Waals surface area contributed by atoms with Crippen molar-refractivity contribution in [1.29, 1.82) is 0 Å². The van der Waals surface area contributed by atoms with Crippen LogP contribution in [0.2, 0.25) is 0 Å². The molecule has 0 aromatic heterocycles. The zero-order chi connectivity index (χ0) is 46.2. The van der Waals surface area contributed by atoms with Gasteiger partial charge in [0, 0.05) is 55.6 Å². The van der Waals surface area contributed by atoms with Crippen LogP contribution in [0.15, 0.2) is 0 Å². The number of esters is 7. The third-order valence-corrected chi connectivity index (χ3v) is 10.0. The lowest BCUT2D eigenvalue weighted by molar-refractivity contribution is -0.362. The number of hydrogen-bond donors (Lipinski definition) is 0. The van der Waals surface area contributed by atoms with E-state index in [4.69, 9.17) is 56.8 Å². The van der Waals surface area contributed by atoms with Crippen molar-refractivity contribution in [2.75, 3.05) is 26.9 Å². The monoisotopic (exact) mass is 890 g/mol. The van der Waals surface area contributed by atoms with Crippen LogP contribution < -0.4 is 0 Å². The fourth-order valence-corrected chi connectivity index (χ4v) is 7.29. The van der Waals surface area contributed by atoms with Crippen LogP contribution in [0.3, 0.4) is 0 Å². The van der Waals surface area contributed by atoms with Gasteiger partial charge in [-0.25, -0.2) is 0 Å². The second-order valence-corrected chi connectivity index (χ2v) is 15.5. The lowest BCUT2D eigenvalue weighted by Crippen LogP contribution is -2.67. The molecule has 0 N–H and O–H groups in total. The zero-order valence-corrected chi connectivity index (χ0v) is 37.9. The summed E-state index contributed by atoms with van der Waals surface area (Å²) < 4.78 is 69.1. The van der Waals surface area contributed by atoms with Gasteiger partial charge in [-0.15, -0.1) is 0 Å². The van der Waals surface area contributed by atoms with Gasteiger partial charge in [0.2, 0.25) is 0 Å². The second-order valence-electron chi connectivity index (χ2n) is 15.5. The molecule has 2 aliphatic heterocycles. The maximum Gasteiger partial charge on any atom is 0.303 e. The van der Waals surface area contributed by atoms with Gasteiger partial charge in [0.1, 0.15) is 31.5 Å². The zero-order valence-electron chi connectivity index (χ0n) is 37.9. The van der Waals surface area contributed by atoms with Crippen molar-refractivity contribution in [3.8, 4) is 0 Å². The number of methoxy groups -OCH3 is 1. The summed E-state index contributed by atoms with van der Waals surface area (Å²) in [4.78, 5) is 86.5. The first-order chi connectivity index (χ1) is 29.5. The van der Waals surface area contributed by atoms with E-state index in [0.29, 0.717) is 6.42 Å². The van der Waals surface area contributed by atoms with Crippen LogP contribution in [-0.2, 0) is 90.4 Å². The molecule has 1 unspecified atom stereocenters. The van der Waals surface area contributed by atoms with Gasteiger partial charge in [-0.3, -0.25) is 33.6 Å². The number of rotatable bonds is 28. The summed E-state index contributed by atoms with van der Waals surface area (Å²) in [6.07, 6.45) is -0.861. The molecule has 0 aromatic rings. The molecule has 2 fully saturated rings. The van der Waals surface area contributed by atoms with Crippen molar-refractivity contribution < 1.29 is 90.4 Å². The van der Waals surface area contributed by atoms with Crippen LogP contribution >= 0.6 is 0 Å². The molecule has 19 nitrogen and oxygen atoms in total. The fourth-order valence-electron chi connectivity index (χ4n) is 7.29. The van der Waals surface area contributed by atoms with Gasteiger partial charge >= 0.3 is 41.8 Å². The Bertz CT molecular complexity index is 1400. The molecule has 0 radical (unpaired) electrons. The molecular weight excluding hydrogens is 820 g/mol. The maximum atomic E-state index is 12.7. The van der Waals surface area contributed by atoms with Crippen molar-refractivity contribution in [3.05, 3.63) is 0 Å². The van der Waals surface area contributed by atoms with E-state index in [1.807, 2.05) is 0 Å². The Morgan fingerprint density at radius 3 is 1.26 bits per heavy atom. The predicted molar refractivity (Wildman–Crippen MR) is 216 cm³/mol. The Labute approximate surface area is 365 Å². The standard InChI is InChI=1S/C43H70O19/c1-10-11-12-13-14-15-16-17-18-19-20-21-22-33(51-9)23-54-42-40(58-31(7)49)39(57-30(6)48)37(35(60-42)25-53-27(3)45)62-43-41(59-32(8)50)38(56-29(5)47)36(55-28(4)46)34(61-43)24-52-26(2)44/h33-43H,10-25H2,1-9H3/t33?,34-,35+,36+,37+,38+,39-,40+,41-,42+,43-/m1/s1. The minimum Gasteiger partial charge on any atom is -0.463 e. The summed E-state index contributed by atoms with van der Waals surface area (Å²) in [5, 5.41) is 0. The van der Waals surface area contributed by atoms with Crippen molar-refractivity contribution >= 4 is 41.8 Å². The molecule has 19 heteroatoms. The summed E-state index contributed by atoms with van der Waals surface area (Å²) in [7, 11) is 1.54. The van der Waals surface area contributed by atoms with Gasteiger partial charge in [0.25, 0.3) is 0 Å². The van der Waals surface area contributed by atoms with Crippen LogP contribution in [0.5, 0.6) is 0 Å². The van der Waals surface area contributed by atoms with Crippen LogP contribution in [0, 0.1) is 0 Å². The molecule has 11 atom stereocenters. The molecule has 0 aromatic carbocycles. The molecule has 62 heavy (non-hydrogen) atoms. The van der Waals surface area contributed by atoms with E-state index >= 15 is 0 Å². The Kier molecular flexibility index (Phi) is 25.8. The molecule has 0 aliphatic carbocycles. The largest absolute Gasteiger partial charge is 0.463 e. The van der Waals surface area contributed by atoms with Gasteiger partial charge in [-0.2, -0.15) is 0 Å². The van der Waals surface area contributed by atoms with Gasteiger partial charge in [-0.1, -0.05) is 84.0 Å². The van der Waals surface area contributed by atoms with E-state index < -0.39 is 123 Å². The second kappa shape index (κ2) is 29.5. The normalized spacial score (nSPS) is 26.3. The van der Waals surface area contributed by atoms with E-state index in [0.717, 1.165) is 74.1 Å². The van der Waals surface area contributed by atoms with Crippen molar-refractivity contribution in [2.24, 2.45) is 0 Å². The maximum absolute atomic E-state index is 12.7. The van der Waals surface area contributed by atoms with Crippen LogP contribution in [0.25, 0.3) is 0 Å². The van der Waals surface area contributed by atoms with Gasteiger partial charge < -0.3 is 56.8 Å². The first kappa shape index (κ1) is 54.2. The van der Waals surface area contributed by atoms with Crippen LogP contribution in [0.1, 0.15) is 139 Å². The summed E-state index contributed by atoms with van der Waals surface area (Å²) in [5.74, 6) is -5.75.